The molecule has 0 amide bonds. The first kappa shape index (κ1) is 12.7. The maximum absolute atomic E-state index is 9.77. The van der Waals surface area contributed by atoms with Crippen LogP contribution in [0.15, 0.2) is 6.33 Å². The zero-order chi connectivity index (χ0) is 13.6. The molecular formula is C10H14ClN5O3. The maximum Gasteiger partial charge on any atom is 0.162 e. The summed E-state index contributed by atoms with van der Waals surface area (Å²) >= 11 is 6.09. The van der Waals surface area contributed by atoms with Gasteiger partial charge in [-0.05, 0) is 0 Å². The van der Waals surface area contributed by atoms with Crippen molar-refractivity contribution in [3.63, 3.8) is 0 Å². The van der Waals surface area contributed by atoms with Crippen LogP contribution in [0.25, 0.3) is 0 Å². The second-order valence-electron chi connectivity index (χ2n) is 4.52. The molecule has 1 fully saturated rings. The van der Waals surface area contributed by atoms with Crippen LogP contribution in [0.5, 0.6) is 0 Å². The molecule has 19 heavy (non-hydrogen) atoms. The molecule has 1 aromatic heterocycles. The number of rotatable bonds is 2. The van der Waals surface area contributed by atoms with Crippen LogP contribution in [0.1, 0.15) is 6.42 Å². The Labute approximate surface area is 114 Å². The van der Waals surface area contributed by atoms with Crippen molar-refractivity contribution in [3.05, 3.63) is 6.33 Å². The van der Waals surface area contributed by atoms with Crippen LogP contribution in [-0.4, -0.2) is 51.9 Å². The largest absolute Gasteiger partial charge is 0.394 e. The minimum Gasteiger partial charge on any atom is -0.394 e. The molecule has 0 saturated carbocycles. The lowest BCUT2D eigenvalue weighted by Crippen LogP contribution is -2.37. The highest BCUT2D eigenvalue weighted by molar-refractivity contribution is 6.28. The van der Waals surface area contributed by atoms with Crippen molar-refractivity contribution in [3.8, 4) is 0 Å². The van der Waals surface area contributed by atoms with Gasteiger partial charge in [0.25, 0.3) is 0 Å². The van der Waals surface area contributed by atoms with Gasteiger partial charge in [0.2, 0.25) is 0 Å². The van der Waals surface area contributed by atoms with Crippen molar-refractivity contribution in [2.75, 3.05) is 28.3 Å². The number of fused-ring (bicyclic) bond motifs is 1. The van der Waals surface area contributed by atoms with Crippen molar-refractivity contribution < 1.29 is 14.9 Å². The van der Waals surface area contributed by atoms with Crippen molar-refractivity contribution in [2.45, 2.75) is 24.9 Å². The van der Waals surface area contributed by atoms with E-state index in [9.17, 15) is 5.11 Å². The van der Waals surface area contributed by atoms with Gasteiger partial charge in [0.1, 0.15) is 31.0 Å². The summed E-state index contributed by atoms with van der Waals surface area (Å²) < 4.78 is 7.00. The molecule has 3 atom stereocenters. The monoisotopic (exact) mass is 287 g/mol. The number of nitrogen functional groups attached to an aromatic ring is 1. The molecule has 104 valence electrons. The van der Waals surface area contributed by atoms with Gasteiger partial charge in [0.05, 0.1) is 12.7 Å². The third-order valence-electron chi connectivity index (χ3n) is 3.35. The second kappa shape index (κ2) is 4.64. The molecule has 9 heteroatoms. The summed E-state index contributed by atoms with van der Waals surface area (Å²) in [7, 11) is 0. The zero-order valence-electron chi connectivity index (χ0n) is 9.98. The highest BCUT2D eigenvalue weighted by Gasteiger charge is 2.41. The molecular weight excluding hydrogens is 274 g/mol. The van der Waals surface area contributed by atoms with Gasteiger partial charge in [0, 0.05) is 18.2 Å². The van der Waals surface area contributed by atoms with E-state index in [2.05, 4.69) is 9.97 Å². The smallest absolute Gasteiger partial charge is 0.162 e. The molecule has 1 saturated heterocycles. The minimum atomic E-state index is -0.706. The number of nitrogens with two attached hydrogens (primary N) is 1. The van der Waals surface area contributed by atoms with Gasteiger partial charge in [-0.2, -0.15) is 0 Å². The van der Waals surface area contributed by atoms with Crippen LogP contribution in [-0.2, 0) is 4.74 Å². The molecule has 3 rings (SSSR count). The zero-order valence-corrected chi connectivity index (χ0v) is 10.7. The summed E-state index contributed by atoms with van der Waals surface area (Å²) in [5, 5.41) is 18.9. The minimum absolute atomic E-state index is 0.227. The van der Waals surface area contributed by atoms with Gasteiger partial charge < -0.3 is 25.6 Å². The van der Waals surface area contributed by atoms with E-state index in [1.807, 2.05) is 0 Å². The van der Waals surface area contributed by atoms with Crippen LogP contribution >= 0.6 is 11.8 Å². The molecule has 8 nitrogen and oxygen atoms in total. The lowest BCUT2D eigenvalue weighted by Gasteiger charge is -2.24. The highest BCUT2D eigenvalue weighted by Crippen LogP contribution is 2.41. The molecule has 2 aliphatic rings. The van der Waals surface area contributed by atoms with Crippen LogP contribution in [0.2, 0.25) is 0 Å². The SMILES string of the molecule is Nc1ncnc2c1N(Cl)CN2[C@H]1CC(O)[C@@H](CO)O1. The normalized spacial score (nSPS) is 29.9. The Hall–Kier alpha value is -1.35. The van der Waals surface area contributed by atoms with Gasteiger partial charge in [-0.3, -0.25) is 4.42 Å². The quantitative estimate of drug-likeness (QED) is 0.611. The van der Waals surface area contributed by atoms with Gasteiger partial charge in [-0.15, -0.1) is 0 Å². The van der Waals surface area contributed by atoms with E-state index < -0.39 is 18.4 Å². The summed E-state index contributed by atoms with van der Waals surface area (Å²) in [5.74, 6) is 0.859. The third kappa shape index (κ3) is 1.96. The molecule has 0 radical (unpaired) electrons. The number of anilines is 3. The molecule has 0 spiro atoms. The number of hydrogen-bond donors (Lipinski definition) is 3. The highest BCUT2D eigenvalue weighted by atomic mass is 35.5. The molecule has 3 heterocycles. The fourth-order valence-electron chi connectivity index (χ4n) is 2.40. The number of nitrogens with zero attached hydrogens (tertiary/aromatic N) is 4. The van der Waals surface area contributed by atoms with E-state index in [1.165, 1.54) is 10.7 Å². The first-order valence-electron chi connectivity index (χ1n) is 5.86. The van der Waals surface area contributed by atoms with Crippen LogP contribution in [0.3, 0.4) is 0 Å². The maximum atomic E-state index is 9.77. The summed E-state index contributed by atoms with van der Waals surface area (Å²) in [5.41, 5.74) is 6.31. The molecule has 1 unspecified atom stereocenters. The predicted octanol–water partition coefficient (Wildman–Crippen LogP) is -0.735. The van der Waals surface area contributed by atoms with E-state index in [1.54, 1.807) is 4.90 Å². The standard InChI is InChI=1S/C10H14ClN5O3/c11-16-4-15(7-1-5(18)6(2-17)19-7)10-8(16)9(12)13-3-14-10/h3,5-7,17-18H,1-2,4H2,(H2,12,13,14)/t5?,6-,7-/m1/s1. The Balaban J connectivity index is 1.88. The first-order chi connectivity index (χ1) is 9.11. The lowest BCUT2D eigenvalue weighted by molar-refractivity contribution is -0.0219. The Morgan fingerprint density at radius 3 is 3.00 bits per heavy atom. The summed E-state index contributed by atoms with van der Waals surface area (Å²) in [6.07, 6.45) is 0.0359. The van der Waals surface area contributed by atoms with Crippen LogP contribution in [0.4, 0.5) is 17.3 Å². The number of ether oxygens (including phenoxy) is 1. The van der Waals surface area contributed by atoms with Crippen molar-refractivity contribution >= 4 is 29.1 Å². The number of halogens is 1. The van der Waals surface area contributed by atoms with E-state index in [4.69, 9.17) is 27.4 Å². The summed E-state index contributed by atoms with van der Waals surface area (Å²) in [6, 6.07) is 0. The lowest BCUT2D eigenvalue weighted by atomic mass is 10.2. The van der Waals surface area contributed by atoms with Crippen LogP contribution in [0, 0.1) is 0 Å². The van der Waals surface area contributed by atoms with Gasteiger partial charge >= 0.3 is 0 Å². The van der Waals surface area contributed by atoms with E-state index in [0.29, 0.717) is 30.4 Å². The number of aromatic nitrogens is 2. The topological polar surface area (TPSA) is 108 Å². The van der Waals surface area contributed by atoms with Crippen molar-refractivity contribution in [2.24, 2.45) is 0 Å². The molecule has 0 aliphatic carbocycles. The number of hydrogen-bond acceptors (Lipinski definition) is 8. The average Bonchev–Trinajstić information content (AvgIpc) is 2.91. The van der Waals surface area contributed by atoms with Crippen molar-refractivity contribution in [1.82, 2.24) is 9.97 Å². The molecule has 4 N–H and O–H groups in total. The molecule has 0 aromatic carbocycles. The number of aliphatic hydroxyl groups is 2. The van der Waals surface area contributed by atoms with Crippen LogP contribution < -0.4 is 15.1 Å². The molecule has 1 aromatic rings. The van der Waals surface area contributed by atoms with E-state index >= 15 is 0 Å². The fraction of sp³-hybridized carbons (Fsp3) is 0.600. The predicted molar refractivity (Wildman–Crippen MR) is 68.5 cm³/mol. The molecule has 2 aliphatic heterocycles. The summed E-state index contributed by atoms with van der Waals surface area (Å²) in [6.45, 7) is 0.101. The second-order valence-corrected chi connectivity index (χ2v) is 4.93. The third-order valence-corrected chi connectivity index (χ3v) is 3.63. The Bertz CT molecular complexity index is 490. The molecule has 0 bridgehead atoms. The summed E-state index contributed by atoms with van der Waals surface area (Å²) in [4.78, 5) is 9.84. The Morgan fingerprint density at radius 2 is 2.32 bits per heavy atom. The van der Waals surface area contributed by atoms with E-state index in [0.717, 1.165) is 0 Å². The number of aliphatic hydroxyl groups excluding tert-OH is 2. The van der Waals surface area contributed by atoms with Gasteiger partial charge in [-0.1, -0.05) is 0 Å². The fourth-order valence-corrected chi connectivity index (χ4v) is 2.67. The Morgan fingerprint density at radius 1 is 1.53 bits per heavy atom. The van der Waals surface area contributed by atoms with Gasteiger partial charge in [0.15, 0.2) is 11.6 Å². The van der Waals surface area contributed by atoms with Gasteiger partial charge in [-0.25, -0.2) is 9.97 Å². The van der Waals surface area contributed by atoms with E-state index in [-0.39, 0.29) is 6.61 Å². The van der Waals surface area contributed by atoms with Crippen molar-refractivity contribution in [1.29, 1.82) is 0 Å². The first-order valence-corrected chi connectivity index (χ1v) is 6.20. The average molecular weight is 288 g/mol. The Kier molecular flexibility index (Phi) is 3.09.